The number of rotatable bonds is 2. The van der Waals surface area contributed by atoms with Crippen molar-refractivity contribution in [3.63, 3.8) is 0 Å². The molecule has 0 amide bonds. The van der Waals surface area contributed by atoms with E-state index in [1.807, 2.05) is 19.9 Å². The number of aliphatic hydroxyl groups excluding tert-OH is 1. The van der Waals surface area contributed by atoms with Gasteiger partial charge in [-0.1, -0.05) is 32.4 Å². The van der Waals surface area contributed by atoms with E-state index < -0.39 is 39.1 Å². The van der Waals surface area contributed by atoms with E-state index >= 15 is 0 Å². The van der Waals surface area contributed by atoms with Crippen LogP contribution in [0.4, 0.5) is 0 Å². The van der Waals surface area contributed by atoms with Crippen LogP contribution in [0.2, 0.25) is 0 Å². The van der Waals surface area contributed by atoms with Gasteiger partial charge in [0.25, 0.3) is 0 Å². The fourth-order valence-electron chi connectivity index (χ4n) is 7.20. The largest absolute Gasteiger partial charge is 0.388 e. The Kier molecular flexibility index (Phi) is 4.53. The lowest BCUT2D eigenvalue weighted by Gasteiger charge is -2.63. The maximum atomic E-state index is 12.6. The summed E-state index contributed by atoms with van der Waals surface area (Å²) in [5.74, 6) is -0.811. The van der Waals surface area contributed by atoms with E-state index in [1.54, 1.807) is 12.2 Å². The van der Waals surface area contributed by atoms with Crippen LogP contribution in [0.1, 0.15) is 46.5 Å². The molecule has 8 atom stereocenters. The molecule has 4 nitrogen and oxygen atoms in total. The van der Waals surface area contributed by atoms with Gasteiger partial charge in [-0.2, -0.15) is 0 Å². The summed E-state index contributed by atoms with van der Waals surface area (Å²) in [5, 5.41) is 20.6. The summed E-state index contributed by atoms with van der Waals surface area (Å²) in [4.78, 5) is 23.8. The van der Waals surface area contributed by atoms with Crippen LogP contribution in [-0.4, -0.2) is 44.2 Å². The molecule has 0 bridgehead atoms. The second-order valence-corrected chi connectivity index (χ2v) is 10.9. The Morgan fingerprint density at radius 2 is 2.00 bits per heavy atom. The smallest absolute Gasteiger partial charge is 0.190 e. The predicted octanol–water partition coefficient (Wildman–Crippen LogP) is 3.41. The highest BCUT2D eigenvalue weighted by molar-refractivity contribution is 6.34. The van der Waals surface area contributed by atoms with E-state index in [1.165, 1.54) is 0 Å². The van der Waals surface area contributed by atoms with Crippen molar-refractivity contribution in [2.75, 3.05) is 6.61 Å². The second kappa shape index (κ2) is 6.16. The van der Waals surface area contributed by atoms with E-state index in [4.69, 9.17) is 23.2 Å². The van der Waals surface area contributed by atoms with E-state index in [0.29, 0.717) is 12.8 Å². The molecule has 0 aromatic rings. The third-order valence-corrected chi connectivity index (χ3v) is 10.3. The molecule has 0 heterocycles. The molecule has 0 aromatic heterocycles. The summed E-state index contributed by atoms with van der Waals surface area (Å²) < 4.78 is 0. The highest BCUT2D eigenvalue weighted by Gasteiger charge is 2.74. The third-order valence-electron chi connectivity index (χ3n) is 8.75. The van der Waals surface area contributed by atoms with Crippen LogP contribution in [0.5, 0.6) is 0 Å². The number of carbonyl (C=O) groups is 2. The number of hydrogen-bond acceptors (Lipinski definition) is 4. The Morgan fingerprint density at radius 1 is 1.32 bits per heavy atom. The topological polar surface area (TPSA) is 74.6 Å². The van der Waals surface area contributed by atoms with Gasteiger partial charge in [0.05, 0.1) is 10.3 Å². The number of ketones is 2. The standard InChI is InChI=1S/C22H28Cl2O4/c1-12-8-16-15-5-4-13-9-14(26)6-7-19(13,2)21(15,24)17(23)10-20(16,3)22(12,28)18(27)11-25/h6-7,9,12,15-17,25,28H,4-5,8,10-11H2,1-3H3. The lowest BCUT2D eigenvalue weighted by molar-refractivity contribution is -0.167. The highest BCUT2D eigenvalue weighted by atomic mass is 35.5. The Labute approximate surface area is 176 Å². The van der Waals surface area contributed by atoms with Crippen molar-refractivity contribution >= 4 is 34.8 Å². The molecule has 8 unspecified atom stereocenters. The van der Waals surface area contributed by atoms with Gasteiger partial charge < -0.3 is 10.2 Å². The first kappa shape index (κ1) is 20.6. The molecule has 0 aliphatic heterocycles. The molecule has 6 heteroatoms. The van der Waals surface area contributed by atoms with Gasteiger partial charge in [-0.15, -0.1) is 23.2 Å². The molecule has 4 aliphatic carbocycles. The molecular formula is C22H28Cl2O4. The van der Waals surface area contributed by atoms with Crippen molar-refractivity contribution in [2.24, 2.45) is 28.6 Å². The summed E-state index contributed by atoms with van der Waals surface area (Å²) in [6.45, 7) is 5.20. The number of allylic oxidation sites excluding steroid dienone is 4. The van der Waals surface area contributed by atoms with Gasteiger partial charge in [-0.25, -0.2) is 0 Å². The molecule has 0 saturated heterocycles. The molecule has 0 aromatic carbocycles. The maximum absolute atomic E-state index is 12.6. The average molecular weight is 427 g/mol. The number of carbonyl (C=O) groups excluding carboxylic acids is 2. The van der Waals surface area contributed by atoms with Gasteiger partial charge in [0.2, 0.25) is 0 Å². The molecule has 154 valence electrons. The zero-order chi connectivity index (χ0) is 20.7. The third kappa shape index (κ3) is 2.16. The minimum absolute atomic E-state index is 0.00149. The van der Waals surface area contributed by atoms with Crippen molar-refractivity contribution in [3.8, 4) is 0 Å². The Bertz CT molecular complexity index is 806. The van der Waals surface area contributed by atoms with Gasteiger partial charge in [0.1, 0.15) is 12.2 Å². The number of fused-ring (bicyclic) bond motifs is 5. The Balaban J connectivity index is 1.84. The summed E-state index contributed by atoms with van der Waals surface area (Å²) in [6.07, 6.45) is 7.76. The normalized spacial score (nSPS) is 52.5. The lowest BCUT2D eigenvalue weighted by atomic mass is 9.46. The van der Waals surface area contributed by atoms with Gasteiger partial charge >= 0.3 is 0 Å². The number of Topliss-reactive ketones (excluding diaryl/α,β-unsaturated/α-hetero) is 1. The molecule has 2 N–H and O–H groups in total. The zero-order valence-electron chi connectivity index (χ0n) is 16.5. The predicted molar refractivity (Wildman–Crippen MR) is 108 cm³/mol. The summed E-state index contributed by atoms with van der Waals surface area (Å²) >= 11 is 14.4. The van der Waals surface area contributed by atoms with Crippen LogP contribution < -0.4 is 0 Å². The van der Waals surface area contributed by atoms with Crippen LogP contribution in [0.25, 0.3) is 0 Å². The Hall–Kier alpha value is -0.680. The number of hydrogen-bond donors (Lipinski definition) is 2. The van der Waals surface area contributed by atoms with Gasteiger partial charge in [-0.05, 0) is 55.6 Å². The summed E-state index contributed by atoms with van der Waals surface area (Å²) in [6, 6.07) is 0. The van der Waals surface area contributed by atoms with Gasteiger partial charge in [-0.3, -0.25) is 9.59 Å². The van der Waals surface area contributed by atoms with Crippen molar-refractivity contribution < 1.29 is 19.8 Å². The van der Waals surface area contributed by atoms with Gasteiger partial charge in [0, 0.05) is 10.8 Å². The first-order chi connectivity index (χ1) is 13.0. The van der Waals surface area contributed by atoms with E-state index in [0.717, 1.165) is 18.4 Å². The van der Waals surface area contributed by atoms with Crippen molar-refractivity contribution in [3.05, 3.63) is 23.8 Å². The zero-order valence-corrected chi connectivity index (χ0v) is 18.1. The molecule has 3 fully saturated rings. The monoisotopic (exact) mass is 426 g/mol. The maximum Gasteiger partial charge on any atom is 0.190 e. The average Bonchev–Trinajstić information content (AvgIpc) is 2.84. The van der Waals surface area contributed by atoms with Crippen LogP contribution in [-0.2, 0) is 9.59 Å². The van der Waals surface area contributed by atoms with Crippen molar-refractivity contribution in [1.29, 1.82) is 0 Å². The van der Waals surface area contributed by atoms with Gasteiger partial charge in [0.15, 0.2) is 11.6 Å². The van der Waals surface area contributed by atoms with Crippen molar-refractivity contribution in [1.82, 2.24) is 0 Å². The first-order valence-corrected chi connectivity index (χ1v) is 10.9. The summed E-state index contributed by atoms with van der Waals surface area (Å²) in [7, 11) is 0. The molecular weight excluding hydrogens is 399 g/mol. The molecule has 0 radical (unpaired) electrons. The molecule has 3 saturated carbocycles. The summed E-state index contributed by atoms with van der Waals surface area (Å²) in [5.41, 5.74) is -1.86. The molecule has 28 heavy (non-hydrogen) atoms. The molecule has 0 spiro atoms. The van der Waals surface area contributed by atoms with Crippen LogP contribution in [0, 0.1) is 28.6 Å². The minimum atomic E-state index is -1.60. The van der Waals surface area contributed by atoms with E-state index in [2.05, 4.69) is 6.92 Å². The fraction of sp³-hybridized carbons (Fsp3) is 0.727. The highest BCUT2D eigenvalue weighted by Crippen LogP contribution is 2.72. The number of halogens is 2. The minimum Gasteiger partial charge on any atom is -0.388 e. The SMILES string of the molecule is CC1CC2C3CCC4=CC(=O)C=CC4(C)C3(Cl)C(Cl)CC2(C)C1(O)C(=O)CO. The quantitative estimate of drug-likeness (QED) is 0.663. The van der Waals surface area contributed by atoms with Crippen LogP contribution in [0.15, 0.2) is 23.8 Å². The molecule has 4 aliphatic rings. The van der Waals surface area contributed by atoms with Crippen molar-refractivity contribution in [2.45, 2.75) is 62.3 Å². The number of aliphatic hydroxyl groups is 2. The first-order valence-electron chi connectivity index (χ1n) is 10.1. The Morgan fingerprint density at radius 3 is 2.64 bits per heavy atom. The van der Waals surface area contributed by atoms with E-state index in [-0.39, 0.29) is 23.5 Å². The second-order valence-electron chi connectivity index (χ2n) is 9.70. The van der Waals surface area contributed by atoms with Crippen LogP contribution >= 0.6 is 23.2 Å². The fourth-order valence-corrected chi connectivity index (χ4v) is 8.43. The lowest BCUT2D eigenvalue weighted by Crippen LogP contribution is -2.67. The molecule has 4 rings (SSSR count). The number of alkyl halides is 2. The van der Waals surface area contributed by atoms with E-state index in [9.17, 15) is 19.8 Å². The van der Waals surface area contributed by atoms with Crippen LogP contribution in [0.3, 0.4) is 0 Å².